The molecule has 0 spiro atoms. The first-order valence-electron chi connectivity index (χ1n) is 5.74. The van der Waals surface area contributed by atoms with Crippen LogP contribution in [0.3, 0.4) is 0 Å². The molecule has 118 valence electrons. The Hall–Kier alpha value is -1.64. The van der Waals surface area contributed by atoms with Gasteiger partial charge in [0.1, 0.15) is 5.54 Å². The van der Waals surface area contributed by atoms with Crippen molar-refractivity contribution in [2.24, 2.45) is 5.84 Å². The van der Waals surface area contributed by atoms with Crippen LogP contribution in [-0.4, -0.2) is 33.5 Å². The van der Waals surface area contributed by atoms with Crippen molar-refractivity contribution in [2.45, 2.75) is 18.9 Å². The summed E-state index contributed by atoms with van der Waals surface area (Å²) in [4.78, 5) is 29.0. The minimum atomic E-state index is -4.76. The van der Waals surface area contributed by atoms with Crippen LogP contribution >= 0.6 is 7.82 Å². The van der Waals surface area contributed by atoms with Crippen molar-refractivity contribution < 1.29 is 33.5 Å². The molecule has 0 heterocycles. The molecule has 0 unspecified atom stereocenters. The Morgan fingerprint density at radius 1 is 1.48 bits per heavy atom. The van der Waals surface area contributed by atoms with Crippen LogP contribution in [0.25, 0.3) is 0 Å². The van der Waals surface area contributed by atoms with E-state index in [1.165, 1.54) is 32.2 Å². The van der Waals surface area contributed by atoms with E-state index in [0.29, 0.717) is 5.56 Å². The molecule has 1 aromatic rings. The van der Waals surface area contributed by atoms with Crippen molar-refractivity contribution in [1.82, 2.24) is 5.43 Å². The van der Waals surface area contributed by atoms with Gasteiger partial charge >= 0.3 is 13.8 Å². The van der Waals surface area contributed by atoms with Crippen molar-refractivity contribution >= 4 is 13.8 Å². The van der Waals surface area contributed by atoms with E-state index in [9.17, 15) is 14.5 Å². The van der Waals surface area contributed by atoms with Gasteiger partial charge in [0, 0.05) is 6.42 Å². The minimum Gasteiger partial charge on any atom is -0.504 e. The van der Waals surface area contributed by atoms with Crippen LogP contribution in [0.2, 0.25) is 0 Å². The fourth-order valence-corrected chi connectivity index (χ4v) is 2.10. The number of carbonyl (C=O) groups excluding carboxylic acids is 1. The summed E-state index contributed by atoms with van der Waals surface area (Å²) >= 11 is 0. The van der Waals surface area contributed by atoms with Crippen molar-refractivity contribution in [3.8, 4) is 11.5 Å². The smallest absolute Gasteiger partial charge is 0.504 e. The second-order valence-corrected chi connectivity index (χ2v) is 5.69. The molecule has 0 amide bonds. The lowest BCUT2D eigenvalue weighted by Gasteiger charge is -2.25. The molecule has 0 aliphatic carbocycles. The summed E-state index contributed by atoms with van der Waals surface area (Å²) in [6, 6.07) is 3.82. The van der Waals surface area contributed by atoms with E-state index < -0.39 is 25.1 Å². The molecule has 21 heavy (non-hydrogen) atoms. The molecule has 0 aliphatic rings. The molecule has 0 fully saturated rings. The number of phosphoric ester groups is 1. The first kappa shape index (κ1) is 17.4. The lowest BCUT2D eigenvalue weighted by Crippen LogP contribution is -2.55. The summed E-state index contributed by atoms with van der Waals surface area (Å²) < 4.78 is 19.6. The minimum absolute atomic E-state index is 0.0833. The van der Waals surface area contributed by atoms with Crippen molar-refractivity contribution in [3.63, 3.8) is 0 Å². The maximum atomic E-state index is 11.7. The molecular formula is C11H17N2O7P. The Balaban J connectivity index is 2.99. The third kappa shape index (κ3) is 4.69. The fourth-order valence-electron chi connectivity index (χ4n) is 1.69. The van der Waals surface area contributed by atoms with Gasteiger partial charge in [-0.05, 0) is 24.6 Å². The van der Waals surface area contributed by atoms with E-state index in [-0.39, 0.29) is 12.2 Å². The molecule has 0 aliphatic heterocycles. The summed E-state index contributed by atoms with van der Waals surface area (Å²) in [7, 11) is -3.55. The highest BCUT2D eigenvalue weighted by molar-refractivity contribution is 7.46. The van der Waals surface area contributed by atoms with E-state index in [2.05, 4.69) is 14.7 Å². The normalized spacial score (nSPS) is 14.3. The third-order valence-electron chi connectivity index (χ3n) is 2.75. The number of nitrogens with two attached hydrogens (primary N) is 1. The fraction of sp³-hybridized carbons (Fsp3) is 0.364. The molecule has 0 aromatic heterocycles. The zero-order chi connectivity index (χ0) is 16.3. The van der Waals surface area contributed by atoms with Gasteiger partial charge in [-0.2, -0.15) is 0 Å². The zero-order valence-electron chi connectivity index (χ0n) is 11.4. The number of methoxy groups -OCH3 is 1. The maximum absolute atomic E-state index is 11.7. The molecule has 0 saturated carbocycles. The largest absolute Gasteiger partial charge is 0.524 e. The van der Waals surface area contributed by atoms with Crippen LogP contribution in [0, 0.1) is 0 Å². The summed E-state index contributed by atoms with van der Waals surface area (Å²) in [5.74, 6) is 3.90. The average molecular weight is 320 g/mol. The van der Waals surface area contributed by atoms with Gasteiger partial charge < -0.3 is 14.4 Å². The van der Waals surface area contributed by atoms with Gasteiger partial charge in [0.25, 0.3) is 0 Å². The lowest BCUT2D eigenvalue weighted by atomic mass is 9.93. The zero-order valence-corrected chi connectivity index (χ0v) is 12.3. The number of phenolic OH excluding ortho intramolecular Hbond substituents is 1. The number of hydrogen-bond donors (Lipinski definition) is 5. The van der Waals surface area contributed by atoms with Gasteiger partial charge in [0.05, 0.1) is 7.11 Å². The Morgan fingerprint density at radius 3 is 2.52 bits per heavy atom. The average Bonchev–Trinajstić information content (AvgIpc) is 2.39. The van der Waals surface area contributed by atoms with Crippen LogP contribution in [0.15, 0.2) is 18.2 Å². The lowest BCUT2D eigenvalue weighted by molar-refractivity contribution is -0.147. The predicted molar refractivity (Wildman–Crippen MR) is 72.2 cm³/mol. The van der Waals surface area contributed by atoms with Crippen molar-refractivity contribution in [3.05, 3.63) is 23.8 Å². The summed E-state index contributed by atoms with van der Waals surface area (Å²) in [6.07, 6.45) is 0.0833. The van der Waals surface area contributed by atoms with Crippen molar-refractivity contribution in [1.29, 1.82) is 0 Å². The Morgan fingerprint density at radius 2 is 2.10 bits per heavy atom. The Bertz CT molecular complexity index is 574. The monoisotopic (exact) mass is 320 g/mol. The molecule has 10 heteroatoms. The number of rotatable bonds is 6. The number of carbonyl (C=O) groups is 1. The summed E-state index contributed by atoms with van der Waals surface area (Å²) in [5.41, 5.74) is 1.61. The third-order valence-corrected chi connectivity index (χ3v) is 3.19. The highest BCUT2D eigenvalue weighted by Crippen LogP contribution is 2.41. The number of nitrogens with one attached hydrogen (secondary N) is 1. The van der Waals surface area contributed by atoms with Crippen LogP contribution in [0.4, 0.5) is 0 Å². The van der Waals surface area contributed by atoms with E-state index in [0.717, 1.165) is 0 Å². The van der Waals surface area contributed by atoms with Gasteiger partial charge in [-0.1, -0.05) is 6.07 Å². The quantitative estimate of drug-likeness (QED) is 0.208. The van der Waals surface area contributed by atoms with Gasteiger partial charge in [0.2, 0.25) is 0 Å². The topological polar surface area (TPSA) is 151 Å². The van der Waals surface area contributed by atoms with E-state index in [4.69, 9.17) is 15.6 Å². The summed E-state index contributed by atoms with van der Waals surface area (Å²) in [6.45, 7) is 1.51. The number of phosphoric acid groups is 1. The van der Waals surface area contributed by atoms with Crippen LogP contribution in [0.1, 0.15) is 12.5 Å². The number of ether oxygens (including phenoxy) is 1. The molecule has 1 aromatic carbocycles. The van der Waals surface area contributed by atoms with Gasteiger partial charge in [-0.3, -0.25) is 20.4 Å². The molecule has 1 rings (SSSR count). The van der Waals surface area contributed by atoms with Gasteiger partial charge in [-0.25, -0.2) is 9.99 Å². The molecule has 0 bridgehead atoms. The molecule has 6 N–H and O–H groups in total. The SMILES string of the molecule is COC(=O)[C@](C)(Cc1ccc(OP(=O)(O)O)c(O)c1)NN. The van der Waals surface area contributed by atoms with E-state index >= 15 is 0 Å². The highest BCUT2D eigenvalue weighted by atomic mass is 31.2. The Labute approximate surface area is 120 Å². The molecule has 0 saturated heterocycles. The second-order valence-electron chi connectivity index (χ2n) is 4.53. The van der Waals surface area contributed by atoms with E-state index in [1.807, 2.05) is 0 Å². The van der Waals surface area contributed by atoms with Crippen LogP contribution in [0.5, 0.6) is 11.5 Å². The standard InChI is InChI=1S/C11H17N2O7P/c1-11(13-12,10(15)19-2)6-7-3-4-9(8(14)5-7)20-21(16,17)18/h3-5,13-14H,6,12H2,1-2H3,(H2,16,17,18)/t11-/m0/s1. The molecule has 0 radical (unpaired) electrons. The number of phenols is 1. The first-order chi connectivity index (χ1) is 9.61. The predicted octanol–water partition coefficient (Wildman–Crippen LogP) is -0.199. The van der Waals surface area contributed by atoms with Crippen LogP contribution < -0.4 is 15.8 Å². The number of hydrogen-bond acceptors (Lipinski definition) is 7. The highest BCUT2D eigenvalue weighted by Gasteiger charge is 2.33. The first-order valence-corrected chi connectivity index (χ1v) is 7.27. The molecule has 9 nitrogen and oxygen atoms in total. The van der Waals surface area contributed by atoms with Crippen molar-refractivity contribution in [2.75, 3.05) is 7.11 Å². The summed E-state index contributed by atoms with van der Waals surface area (Å²) in [5, 5.41) is 9.68. The maximum Gasteiger partial charge on any atom is 0.524 e. The van der Waals surface area contributed by atoms with E-state index in [1.54, 1.807) is 0 Å². The molecular weight excluding hydrogens is 303 g/mol. The number of benzene rings is 1. The number of esters is 1. The molecule has 1 atom stereocenters. The van der Waals surface area contributed by atoms with Gasteiger partial charge in [0.15, 0.2) is 11.5 Å². The second kappa shape index (κ2) is 6.42. The van der Waals surface area contributed by atoms with Crippen LogP contribution in [-0.2, 0) is 20.5 Å². The number of aromatic hydroxyl groups is 1. The van der Waals surface area contributed by atoms with Gasteiger partial charge in [-0.15, -0.1) is 0 Å². The Kier molecular flexibility index (Phi) is 5.32. The number of hydrazine groups is 1.